The third kappa shape index (κ3) is 1.35. The number of fused-ring (bicyclic) bond motifs is 1. The molecule has 0 bridgehead atoms. The molecule has 3 rings (SSSR count). The van der Waals surface area contributed by atoms with Gasteiger partial charge in [-0.1, -0.05) is 0 Å². The zero-order valence-electron chi connectivity index (χ0n) is 8.74. The van der Waals surface area contributed by atoms with E-state index >= 15 is 0 Å². The number of hydrogen-bond donors (Lipinski definition) is 2. The first kappa shape index (κ1) is 9.73. The highest BCUT2D eigenvalue weighted by molar-refractivity contribution is 5.80. The summed E-state index contributed by atoms with van der Waals surface area (Å²) in [5.41, 5.74) is 13.3. The molecule has 0 atom stereocenters. The van der Waals surface area contributed by atoms with E-state index in [9.17, 15) is 0 Å². The summed E-state index contributed by atoms with van der Waals surface area (Å²) in [5, 5.41) is 7.24. The molecule has 0 unspecified atom stereocenters. The van der Waals surface area contributed by atoms with Gasteiger partial charge in [-0.2, -0.15) is 0 Å². The molecule has 0 spiro atoms. The molecule has 0 aromatic carbocycles. The van der Waals surface area contributed by atoms with Gasteiger partial charge in [-0.25, -0.2) is 9.61 Å². The molecular formula is C9H9N7O. The van der Waals surface area contributed by atoms with E-state index < -0.39 is 0 Å². The average Bonchev–Trinajstić information content (AvgIpc) is 2.91. The highest BCUT2D eigenvalue weighted by atomic mass is 16.6. The molecule has 4 N–H and O–H groups in total. The topological polar surface area (TPSA) is 122 Å². The Morgan fingerprint density at radius 3 is 2.94 bits per heavy atom. The van der Waals surface area contributed by atoms with Crippen LogP contribution in [0, 0.1) is 0 Å². The zero-order chi connectivity index (χ0) is 11.8. The van der Waals surface area contributed by atoms with E-state index in [1.54, 1.807) is 17.0 Å². The third-order valence-electron chi connectivity index (χ3n) is 2.46. The van der Waals surface area contributed by atoms with E-state index in [-0.39, 0.29) is 12.5 Å². The maximum atomic E-state index is 5.70. The summed E-state index contributed by atoms with van der Waals surface area (Å²) < 4.78 is 6.33. The first-order chi connectivity index (χ1) is 8.31. The fourth-order valence-electron chi connectivity index (χ4n) is 1.70. The predicted octanol–water partition coefficient (Wildman–Crippen LogP) is -0.0203. The number of pyridine rings is 1. The normalized spacial score (nSPS) is 11.1. The van der Waals surface area contributed by atoms with Gasteiger partial charge in [0.15, 0.2) is 17.3 Å². The minimum atomic E-state index is 0.183. The van der Waals surface area contributed by atoms with Crippen molar-refractivity contribution >= 4 is 16.9 Å². The Bertz CT molecular complexity index is 671. The van der Waals surface area contributed by atoms with Gasteiger partial charge in [0.2, 0.25) is 0 Å². The average molecular weight is 231 g/mol. The minimum absolute atomic E-state index is 0.183. The van der Waals surface area contributed by atoms with Crippen LogP contribution in [0.4, 0.5) is 5.82 Å². The van der Waals surface area contributed by atoms with Crippen molar-refractivity contribution in [3.05, 3.63) is 18.5 Å². The Kier molecular flexibility index (Phi) is 2.02. The van der Waals surface area contributed by atoms with Crippen LogP contribution < -0.4 is 11.5 Å². The molecule has 0 radical (unpaired) electrons. The summed E-state index contributed by atoms with van der Waals surface area (Å²) in [6.07, 6.45) is 3.32. The van der Waals surface area contributed by atoms with Crippen LogP contribution in [0.1, 0.15) is 0 Å². The van der Waals surface area contributed by atoms with E-state index in [1.807, 2.05) is 6.07 Å². The molecule has 8 heteroatoms. The van der Waals surface area contributed by atoms with Gasteiger partial charge >= 0.3 is 0 Å². The molecule has 3 aromatic rings. The van der Waals surface area contributed by atoms with Crippen LogP contribution in [0.3, 0.4) is 0 Å². The Morgan fingerprint density at radius 1 is 1.35 bits per heavy atom. The van der Waals surface area contributed by atoms with E-state index in [1.165, 1.54) is 0 Å². The van der Waals surface area contributed by atoms with Crippen molar-refractivity contribution in [1.29, 1.82) is 0 Å². The summed E-state index contributed by atoms with van der Waals surface area (Å²) >= 11 is 0. The number of imidazole rings is 1. The van der Waals surface area contributed by atoms with Gasteiger partial charge in [0.1, 0.15) is 5.52 Å². The maximum absolute atomic E-state index is 5.70. The standard InChI is InChI=1S/C9H9N7O/c10-4-16-6-1-2-12-3-5(6)13-9(16)7-8(11)15-17-14-7/h1-3H,4,10H2,(H2,11,15). The molecule has 0 aliphatic rings. The first-order valence-corrected chi connectivity index (χ1v) is 4.90. The first-order valence-electron chi connectivity index (χ1n) is 4.90. The lowest BCUT2D eigenvalue weighted by Crippen LogP contribution is -2.09. The molecule has 3 heterocycles. The van der Waals surface area contributed by atoms with Crippen LogP contribution in [-0.2, 0) is 6.67 Å². The van der Waals surface area contributed by atoms with Gasteiger partial charge < -0.3 is 16.0 Å². The molecule has 0 amide bonds. The highest BCUT2D eigenvalue weighted by Gasteiger charge is 2.18. The third-order valence-corrected chi connectivity index (χ3v) is 2.46. The van der Waals surface area contributed by atoms with Gasteiger partial charge in [0.05, 0.1) is 18.4 Å². The van der Waals surface area contributed by atoms with Crippen LogP contribution in [-0.4, -0.2) is 24.8 Å². The van der Waals surface area contributed by atoms with Crippen LogP contribution in [0.15, 0.2) is 23.1 Å². The van der Waals surface area contributed by atoms with Gasteiger partial charge in [0.25, 0.3) is 0 Å². The van der Waals surface area contributed by atoms with Gasteiger partial charge in [-0.15, -0.1) is 0 Å². The second-order valence-corrected chi connectivity index (χ2v) is 3.41. The Balaban J connectivity index is 2.33. The van der Waals surface area contributed by atoms with Crippen molar-refractivity contribution in [2.45, 2.75) is 6.67 Å². The van der Waals surface area contributed by atoms with Crippen molar-refractivity contribution in [2.75, 3.05) is 5.73 Å². The Labute approximate surface area is 95.2 Å². The van der Waals surface area contributed by atoms with Crippen molar-refractivity contribution < 1.29 is 4.63 Å². The van der Waals surface area contributed by atoms with Crippen molar-refractivity contribution in [3.8, 4) is 11.5 Å². The zero-order valence-corrected chi connectivity index (χ0v) is 8.74. The van der Waals surface area contributed by atoms with Crippen molar-refractivity contribution in [2.24, 2.45) is 5.73 Å². The number of aromatic nitrogens is 5. The van der Waals surface area contributed by atoms with E-state index in [2.05, 4.69) is 24.9 Å². The monoisotopic (exact) mass is 231 g/mol. The molecule has 0 fully saturated rings. The lowest BCUT2D eigenvalue weighted by atomic mass is 10.4. The minimum Gasteiger partial charge on any atom is -0.379 e. The summed E-state index contributed by atoms with van der Waals surface area (Å²) in [7, 11) is 0. The van der Waals surface area contributed by atoms with Crippen molar-refractivity contribution in [3.63, 3.8) is 0 Å². The summed E-state index contributed by atoms with van der Waals surface area (Å²) in [6.45, 7) is 0.252. The van der Waals surface area contributed by atoms with Gasteiger partial charge in [0, 0.05) is 6.20 Å². The van der Waals surface area contributed by atoms with Gasteiger partial charge in [-0.3, -0.25) is 4.98 Å². The number of nitrogens with zero attached hydrogens (tertiary/aromatic N) is 5. The molecule has 0 aliphatic carbocycles. The largest absolute Gasteiger partial charge is 0.379 e. The second kappa shape index (κ2) is 3.52. The Morgan fingerprint density at radius 2 is 2.24 bits per heavy atom. The van der Waals surface area contributed by atoms with Gasteiger partial charge in [-0.05, 0) is 16.4 Å². The molecule has 3 aromatic heterocycles. The number of rotatable bonds is 2. The fraction of sp³-hybridized carbons (Fsp3) is 0.111. The van der Waals surface area contributed by atoms with E-state index in [0.29, 0.717) is 11.5 Å². The SMILES string of the molecule is NCn1c(-c2nonc2N)nc2cnccc21. The van der Waals surface area contributed by atoms with Crippen LogP contribution >= 0.6 is 0 Å². The second-order valence-electron chi connectivity index (χ2n) is 3.41. The van der Waals surface area contributed by atoms with Crippen molar-refractivity contribution in [1.82, 2.24) is 24.8 Å². The summed E-state index contributed by atoms with van der Waals surface area (Å²) in [4.78, 5) is 8.36. The van der Waals surface area contributed by atoms with Crippen LogP contribution in [0.2, 0.25) is 0 Å². The Hall–Kier alpha value is -2.48. The summed E-state index contributed by atoms with van der Waals surface area (Å²) in [5.74, 6) is 0.706. The maximum Gasteiger partial charge on any atom is 0.199 e. The van der Waals surface area contributed by atoms with E-state index in [0.717, 1.165) is 11.0 Å². The summed E-state index contributed by atoms with van der Waals surface area (Å²) in [6, 6.07) is 1.82. The molecule has 0 saturated heterocycles. The molecule has 86 valence electrons. The van der Waals surface area contributed by atoms with Crippen LogP contribution in [0.25, 0.3) is 22.6 Å². The molecule has 0 aliphatic heterocycles. The lowest BCUT2D eigenvalue weighted by Gasteiger charge is -2.02. The fourth-order valence-corrected chi connectivity index (χ4v) is 1.70. The molecule has 17 heavy (non-hydrogen) atoms. The van der Waals surface area contributed by atoms with E-state index in [4.69, 9.17) is 11.5 Å². The number of nitrogen functional groups attached to an aromatic ring is 1. The quantitative estimate of drug-likeness (QED) is 0.635. The smallest absolute Gasteiger partial charge is 0.199 e. The number of nitrogens with two attached hydrogens (primary N) is 2. The highest BCUT2D eigenvalue weighted by Crippen LogP contribution is 2.25. The molecule has 0 saturated carbocycles. The van der Waals surface area contributed by atoms with Crippen LogP contribution in [0.5, 0.6) is 0 Å². The molecular weight excluding hydrogens is 222 g/mol. The number of anilines is 1. The lowest BCUT2D eigenvalue weighted by molar-refractivity contribution is 0.310. The number of hydrogen-bond acceptors (Lipinski definition) is 7. The predicted molar refractivity (Wildman–Crippen MR) is 59.4 cm³/mol. The molecule has 8 nitrogen and oxygen atoms in total.